The molecule has 0 aliphatic heterocycles. The number of ether oxygens (including phenoxy) is 4. The summed E-state index contributed by atoms with van der Waals surface area (Å²) in [6, 6.07) is 15.2. The van der Waals surface area contributed by atoms with Gasteiger partial charge in [0.25, 0.3) is 11.9 Å². The molecule has 2 aromatic carbocycles. The number of furan rings is 1. The van der Waals surface area contributed by atoms with Gasteiger partial charge in [0.1, 0.15) is 9.52 Å². The predicted molar refractivity (Wildman–Crippen MR) is 163 cm³/mol. The van der Waals surface area contributed by atoms with Crippen LogP contribution in [0.3, 0.4) is 0 Å². The number of carbonyl (C=O) groups is 1. The van der Waals surface area contributed by atoms with E-state index >= 15 is 0 Å². The van der Waals surface area contributed by atoms with Crippen LogP contribution in [0.15, 0.2) is 52.9 Å². The van der Waals surface area contributed by atoms with Crippen molar-refractivity contribution < 1.29 is 28.2 Å². The predicted octanol–water partition coefficient (Wildman–Crippen LogP) is 3.43. The maximum Gasteiger partial charge on any atom is 0.291 e. The highest BCUT2D eigenvalue weighted by molar-refractivity contribution is 6.67. The number of hydrogen-bond acceptors (Lipinski definition) is 10. The van der Waals surface area contributed by atoms with Crippen LogP contribution >= 0.6 is 0 Å². The summed E-state index contributed by atoms with van der Waals surface area (Å²) in [6.07, 6.45) is 0. The minimum absolute atomic E-state index is 0.00828. The molecule has 0 saturated carbocycles. The van der Waals surface area contributed by atoms with Gasteiger partial charge >= 0.3 is 0 Å². The molecule has 0 aliphatic carbocycles. The summed E-state index contributed by atoms with van der Waals surface area (Å²) in [6.45, 7) is 8.46. The molecule has 220 valence electrons. The van der Waals surface area contributed by atoms with Crippen LogP contribution < -0.4 is 45.3 Å². The summed E-state index contributed by atoms with van der Waals surface area (Å²) in [5.74, 6) is 1.16. The van der Waals surface area contributed by atoms with E-state index in [-0.39, 0.29) is 29.2 Å². The number of likely N-dealkylation sites (N-methyl/N-ethyl adjacent to an activating group) is 1. The van der Waals surface area contributed by atoms with Gasteiger partial charge in [-0.2, -0.15) is 9.97 Å². The lowest BCUT2D eigenvalue weighted by molar-refractivity contribution is 0.0990. The highest BCUT2D eigenvalue weighted by Gasteiger charge is 2.22. The Hall–Kier alpha value is -4.55. The van der Waals surface area contributed by atoms with Crippen LogP contribution in [0.4, 0.5) is 11.6 Å². The van der Waals surface area contributed by atoms with Gasteiger partial charge in [-0.05, 0) is 49.7 Å². The molecule has 0 unspecified atom stereocenters. The van der Waals surface area contributed by atoms with E-state index in [0.717, 1.165) is 18.3 Å². The second-order valence-corrected chi connectivity index (χ2v) is 10.5. The fourth-order valence-electron chi connectivity index (χ4n) is 3.99. The number of anilines is 2. The summed E-state index contributed by atoms with van der Waals surface area (Å²) in [5, 5.41) is 11.4. The zero-order valence-corrected chi connectivity index (χ0v) is 25.6. The van der Waals surface area contributed by atoms with E-state index in [0.29, 0.717) is 33.5 Å². The van der Waals surface area contributed by atoms with Crippen molar-refractivity contribution in [2.75, 3.05) is 51.6 Å². The van der Waals surface area contributed by atoms with Crippen molar-refractivity contribution in [3.05, 3.63) is 65.4 Å². The molecule has 0 bridgehead atoms. The van der Waals surface area contributed by atoms with Crippen LogP contribution in [0.5, 0.6) is 29.2 Å². The summed E-state index contributed by atoms with van der Waals surface area (Å²) in [4.78, 5) is 21.7. The van der Waals surface area contributed by atoms with Gasteiger partial charge in [0.2, 0.25) is 17.7 Å². The molecular formula is C30H35N5O6Si. The van der Waals surface area contributed by atoms with E-state index in [9.17, 15) is 4.79 Å². The van der Waals surface area contributed by atoms with Crippen LogP contribution in [0.25, 0.3) is 0 Å². The highest BCUT2D eigenvalue weighted by atomic mass is 28.2. The number of nitrogens with zero attached hydrogens (tertiary/aromatic N) is 2. The van der Waals surface area contributed by atoms with E-state index in [1.165, 1.54) is 36.6 Å². The van der Waals surface area contributed by atoms with E-state index in [1.807, 2.05) is 25.1 Å². The Kier molecular flexibility index (Phi) is 10.4. The summed E-state index contributed by atoms with van der Waals surface area (Å²) < 4.78 is 28.0. The lowest BCUT2D eigenvalue weighted by Crippen LogP contribution is -2.29. The number of methoxy groups -OCH3 is 3. The normalized spacial score (nSPS) is 10.7. The molecule has 4 rings (SSSR count). The van der Waals surface area contributed by atoms with Crippen LogP contribution in [-0.2, 0) is 0 Å². The Morgan fingerprint density at radius 1 is 0.929 bits per heavy atom. The van der Waals surface area contributed by atoms with Gasteiger partial charge in [-0.15, -0.1) is 0 Å². The van der Waals surface area contributed by atoms with Gasteiger partial charge in [-0.3, -0.25) is 4.79 Å². The second-order valence-electron chi connectivity index (χ2n) is 9.13. The van der Waals surface area contributed by atoms with E-state index < -0.39 is 5.91 Å². The molecule has 0 fully saturated rings. The monoisotopic (exact) mass is 589 g/mol. The van der Waals surface area contributed by atoms with E-state index in [2.05, 4.69) is 58.0 Å². The molecule has 2 heterocycles. The number of rotatable bonds is 14. The van der Waals surface area contributed by atoms with Crippen molar-refractivity contribution in [1.29, 1.82) is 0 Å². The number of hydrogen-bond donors (Lipinski definition) is 3. The second kappa shape index (κ2) is 14.4. The van der Waals surface area contributed by atoms with Crippen molar-refractivity contribution in [2.24, 2.45) is 0 Å². The molecule has 2 aromatic heterocycles. The zero-order chi connectivity index (χ0) is 30.1. The van der Waals surface area contributed by atoms with Crippen LogP contribution in [0.2, 0.25) is 0 Å². The molecular weight excluding hydrogens is 554 g/mol. The van der Waals surface area contributed by atoms with Gasteiger partial charge in [0.15, 0.2) is 22.9 Å². The maximum absolute atomic E-state index is 13.1. The summed E-state index contributed by atoms with van der Waals surface area (Å²) in [5.41, 5.74) is 2.72. The number of amides is 1. The Bertz CT molecular complexity index is 1500. The minimum Gasteiger partial charge on any atom is -0.493 e. The van der Waals surface area contributed by atoms with Crippen molar-refractivity contribution in [3.63, 3.8) is 0 Å². The first-order valence-corrected chi connectivity index (χ1v) is 14.4. The quantitative estimate of drug-likeness (QED) is 0.149. The first-order chi connectivity index (χ1) is 20.4. The third-order valence-electron chi connectivity index (χ3n) is 6.37. The smallest absolute Gasteiger partial charge is 0.291 e. The van der Waals surface area contributed by atoms with Gasteiger partial charge in [0.05, 0.1) is 21.3 Å². The topological polar surface area (TPSA) is 129 Å². The average Bonchev–Trinajstić information content (AvgIpc) is 3.47. The Morgan fingerprint density at radius 3 is 2.38 bits per heavy atom. The first-order valence-electron chi connectivity index (χ1n) is 13.4. The third kappa shape index (κ3) is 7.39. The molecule has 11 nitrogen and oxygen atoms in total. The van der Waals surface area contributed by atoms with Crippen LogP contribution in [-0.4, -0.2) is 66.4 Å². The average molecular weight is 590 g/mol. The van der Waals surface area contributed by atoms with Crippen molar-refractivity contribution in [3.8, 4) is 29.2 Å². The van der Waals surface area contributed by atoms with Crippen molar-refractivity contribution in [1.82, 2.24) is 15.3 Å². The van der Waals surface area contributed by atoms with Gasteiger partial charge < -0.3 is 39.3 Å². The largest absolute Gasteiger partial charge is 0.493 e. The summed E-state index contributed by atoms with van der Waals surface area (Å²) in [7, 11) is 4.94. The zero-order valence-electron chi connectivity index (χ0n) is 24.6. The highest BCUT2D eigenvalue weighted by Crippen LogP contribution is 2.34. The van der Waals surface area contributed by atoms with Crippen molar-refractivity contribution in [2.45, 2.75) is 20.8 Å². The Morgan fingerprint density at radius 2 is 1.69 bits per heavy atom. The summed E-state index contributed by atoms with van der Waals surface area (Å²) >= 11 is 0. The lowest BCUT2D eigenvalue weighted by Gasteiger charge is -2.14. The minimum atomic E-state index is -0.560. The fraction of sp³-hybridized carbons (Fsp3) is 0.300. The number of benzene rings is 2. The molecule has 4 aromatic rings. The number of aryl methyl sites for hydroxylation is 1. The maximum atomic E-state index is 13.1. The van der Waals surface area contributed by atoms with Gasteiger partial charge in [0, 0.05) is 19.2 Å². The van der Waals surface area contributed by atoms with Crippen LogP contribution in [0, 0.1) is 13.8 Å². The molecule has 1 amide bonds. The molecule has 42 heavy (non-hydrogen) atoms. The fourth-order valence-corrected chi connectivity index (χ4v) is 5.24. The molecule has 2 radical (unpaired) electrons. The SMILES string of the molecule is CCNCCNc1nc(OC)c(NC(=O)c2ccc(Oc3ccc([Si]c4cccc(C)c4C)cc3OC)o2)c(OC)n1. The standard InChI is InChI=1S/C30H35N5O6Si/c1-7-31-15-16-32-30-34-28(38-5)26(29(35-30)39-6)33-27(36)22-13-14-25(41-22)40-21-12-11-20(17-23(21)37-4)42-24-10-8-9-18(2)19(24)3/h8-14,17,31H,7,15-16H2,1-6H3,(H,33,36)(H,32,34,35). The van der Waals surface area contributed by atoms with Gasteiger partial charge in [-0.25, -0.2) is 0 Å². The first kappa shape index (κ1) is 30.4. The van der Waals surface area contributed by atoms with E-state index in [4.69, 9.17) is 23.4 Å². The molecule has 0 spiro atoms. The number of carbonyl (C=O) groups excluding carboxylic acids is 1. The number of nitrogens with one attached hydrogen (secondary N) is 3. The van der Waals surface area contributed by atoms with Crippen molar-refractivity contribution >= 4 is 37.4 Å². The molecule has 0 aliphatic rings. The van der Waals surface area contributed by atoms with E-state index in [1.54, 1.807) is 13.2 Å². The lowest BCUT2D eigenvalue weighted by atomic mass is 10.1. The molecule has 0 saturated heterocycles. The Balaban J connectivity index is 1.46. The molecule has 3 N–H and O–H groups in total. The third-order valence-corrected chi connectivity index (χ3v) is 7.78. The van der Waals surface area contributed by atoms with Crippen LogP contribution in [0.1, 0.15) is 28.6 Å². The molecule has 12 heteroatoms. The Labute approximate surface area is 247 Å². The molecule has 0 atom stereocenters. The van der Waals surface area contributed by atoms with Gasteiger partial charge in [-0.1, -0.05) is 41.6 Å². The number of aromatic nitrogens is 2.